The van der Waals surface area contributed by atoms with Crippen LogP contribution < -0.4 is 15.2 Å². The standard InChI is InChI=1S/C13H14N2O2S/c1-8(14)10-6-18-13(15-10)5-9-2-3-11-12(4-9)17-7-16-11/h2-4,6,8H,5,7,14H2,1H3. The van der Waals surface area contributed by atoms with Crippen LogP contribution >= 0.6 is 11.3 Å². The fourth-order valence-corrected chi connectivity index (χ4v) is 2.77. The normalized spacial score (nSPS) is 14.8. The van der Waals surface area contributed by atoms with Crippen molar-refractivity contribution in [2.75, 3.05) is 6.79 Å². The molecule has 3 rings (SSSR count). The maximum Gasteiger partial charge on any atom is 0.231 e. The summed E-state index contributed by atoms with van der Waals surface area (Å²) >= 11 is 1.64. The molecule has 0 saturated carbocycles. The minimum Gasteiger partial charge on any atom is -0.454 e. The Morgan fingerprint density at radius 1 is 1.39 bits per heavy atom. The Labute approximate surface area is 109 Å². The molecule has 94 valence electrons. The fraction of sp³-hybridized carbons (Fsp3) is 0.308. The summed E-state index contributed by atoms with van der Waals surface area (Å²) in [6.45, 7) is 2.25. The molecule has 0 aliphatic carbocycles. The van der Waals surface area contributed by atoms with E-state index in [2.05, 4.69) is 4.98 Å². The van der Waals surface area contributed by atoms with Crippen molar-refractivity contribution in [2.24, 2.45) is 5.73 Å². The minimum atomic E-state index is -0.00764. The first-order valence-corrected chi connectivity index (χ1v) is 6.69. The van der Waals surface area contributed by atoms with Crippen molar-refractivity contribution in [3.63, 3.8) is 0 Å². The lowest BCUT2D eigenvalue weighted by Gasteiger charge is -2.01. The van der Waals surface area contributed by atoms with Crippen LogP contribution in [0.25, 0.3) is 0 Å². The Hall–Kier alpha value is -1.59. The van der Waals surface area contributed by atoms with Gasteiger partial charge in [-0.15, -0.1) is 11.3 Å². The van der Waals surface area contributed by atoms with Crippen LogP contribution in [-0.4, -0.2) is 11.8 Å². The summed E-state index contributed by atoms with van der Waals surface area (Å²) in [5, 5.41) is 3.09. The van der Waals surface area contributed by atoms with E-state index in [0.29, 0.717) is 6.79 Å². The SMILES string of the molecule is CC(N)c1csc(Cc2ccc3c(c2)OCO3)n1. The van der Waals surface area contributed by atoms with Crippen LogP contribution in [0.5, 0.6) is 11.5 Å². The Bertz CT molecular complexity index is 566. The number of fused-ring (bicyclic) bond motifs is 1. The van der Waals surface area contributed by atoms with Crippen molar-refractivity contribution < 1.29 is 9.47 Å². The number of ether oxygens (including phenoxy) is 2. The van der Waals surface area contributed by atoms with Crippen LogP contribution in [0.4, 0.5) is 0 Å². The zero-order valence-corrected chi connectivity index (χ0v) is 10.9. The summed E-state index contributed by atoms with van der Waals surface area (Å²) in [7, 11) is 0. The molecule has 1 aromatic carbocycles. The molecule has 5 heteroatoms. The third-order valence-corrected chi connectivity index (χ3v) is 3.70. The van der Waals surface area contributed by atoms with Gasteiger partial charge in [0, 0.05) is 17.8 Å². The highest BCUT2D eigenvalue weighted by Crippen LogP contribution is 2.33. The molecule has 2 aromatic rings. The van der Waals surface area contributed by atoms with Crippen LogP contribution in [0, 0.1) is 0 Å². The number of aromatic nitrogens is 1. The second-order valence-corrected chi connectivity index (χ2v) is 5.26. The third-order valence-electron chi connectivity index (χ3n) is 2.83. The van der Waals surface area contributed by atoms with E-state index in [0.717, 1.165) is 28.6 Å². The summed E-state index contributed by atoms with van der Waals surface area (Å²) in [6, 6.07) is 5.99. The quantitative estimate of drug-likeness (QED) is 0.923. The average molecular weight is 262 g/mol. The molecule has 1 aliphatic rings. The molecule has 0 amide bonds. The average Bonchev–Trinajstić information content (AvgIpc) is 2.96. The lowest BCUT2D eigenvalue weighted by molar-refractivity contribution is 0.174. The Morgan fingerprint density at radius 3 is 3.00 bits per heavy atom. The van der Waals surface area contributed by atoms with Gasteiger partial charge in [-0.2, -0.15) is 0 Å². The van der Waals surface area contributed by atoms with Gasteiger partial charge in [-0.1, -0.05) is 6.07 Å². The summed E-state index contributed by atoms with van der Waals surface area (Å²) in [6.07, 6.45) is 0.800. The largest absolute Gasteiger partial charge is 0.454 e. The zero-order valence-electron chi connectivity index (χ0n) is 10.1. The predicted molar refractivity (Wildman–Crippen MR) is 70.1 cm³/mol. The van der Waals surface area contributed by atoms with E-state index >= 15 is 0 Å². The topological polar surface area (TPSA) is 57.4 Å². The van der Waals surface area contributed by atoms with Crippen molar-refractivity contribution in [1.29, 1.82) is 0 Å². The van der Waals surface area contributed by atoms with Crippen LogP contribution in [0.1, 0.15) is 29.2 Å². The molecule has 1 aliphatic heterocycles. The van der Waals surface area contributed by atoms with Gasteiger partial charge in [-0.25, -0.2) is 4.98 Å². The molecule has 1 unspecified atom stereocenters. The van der Waals surface area contributed by atoms with Gasteiger partial charge in [0.05, 0.1) is 10.7 Å². The van der Waals surface area contributed by atoms with Gasteiger partial charge in [0.25, 0.3) is 0 Å². The van der Waals surface area contributed by atoms with E-state index < -0.39 is 0 Å². The molecule has 2 N–H and O–H groups in total. The van der Waals surface area contributed by atoms with Crippen LogP contribution in [0.2, 0.25) is 0 Å². The molecule has 0 radical (unpaired) electrons. The highest BCUT2D eigenvalue weighted by molar-refractivity contribution is 7.09. The lowest BCUT2D eigenvalue weighted by atomic mass is 10.1. The summed E-state index contributed by atoms with van der Waals surface area (Å²) in [4.78, 5) is 4.52. The molecule has 4 nitrogen and oxygen atoms in total. The maximum absolute atomic E-state index is 5.80. The van der Waals surface area contributed by atoms with Crippen molar-refractivity contribution in [3.05, 3.63) is 39.8 Å². The van der Waals surface area contributed by atoms with E-state index in [1.54, 1.807) is 11.3 Å². The Kier molecular flexibility index (Phi) is 2.93. The number of rotatable bonds is 3. The maximum atomic E-state index is 5.80. The first kappa shape index (κ1) is 11.5. The van der Waals surface area contributed by atoms with Gasteiger partial charge in [0.1, 0.15) is 0 Å². The Balaban J connectivity index is 1.79. The number of hydrogen-bond acceptors (Lipinski definition) is 5. The zero-order chi connectivity index (χ0) is 12.5. The van der Waals surface area contributed by atoms with Gasteiger partial charge in [-0.3, -0.25) is 0 Å². The molecule has 0 spiro atoms. The van der Waals surface area contributed by atoms with E-state index in [1.165, 1.54) is 5.56 Å². The van der Waals surface area contributed by atoms with Crippen molar-refractivity contribution in [2.45, 2.75) is 19.4 Å². The fourth-order valence-electron chi connectivity index (χ4n) is 1.84. The van der Waals surface area contributed by atoms with Gasteiger partial charge in [-0.05, 0) is 24.6 Å². The van der Waals surface area contributed by atoms with Crippen LogP contribution in [-0.2, 0) is 6.42 Å². The van der Waals surface area contributed by atoms with E-state index in [9.17, 15) is 0 Å². The van der Waals surface area contributed by atoms with E-state index in [-0.39, 0.29) is 6.04 Å². The van der Waals surface area contributed by atoms with Crippen LogP contribution in [0.15, 0.2) is 23.6 Å². The van der Waals surface area contributed by atoms with Crippen molar-refractivity contribution >= 4 is 11.3 Å². The highest BCUT2D eigenvalue weighted by Gasteiger charge is 2.14. The molecule has 2 heterocycles. The summed E-state index contributed by atoms with van der Waals surface area (Å²) in [5.41, 5.74) is 7.93. The van der Waals surface area contributed by atoms with E-state index in [1.807, 2.05) is 30.5 Å². The monoisotopic (exact) mass is 262 g/mol. The summed E-state index contributed by atoms with van der Waals surface area (Å²) in [5.74, 6) is 1.63. The number of thiazole rings is 1. The molecular weight excluding hydrogens is 248 g/mol. The summed E-state index contributed by atoms with van der Waals surface area (Å²) < 4.78 is 10.6. The van der Waals surface area contributed by atoms with Gasteiger partial charge >= 0.3 is 0 Å². The lowest BCUT2D eigenvalue weighted by Crippen LogP contribution is -2.05. The molecule has 1 aromatic heterocycles. The number of nitrogens with two attached hydrogens (primary N) is 1. The first-order valence-electron chi connectivity index (χ1n) is 5.81. The van der Waals surface area contributed by atoms with Crippen molar-refractivity contribution in [1.82, 2.24) is 4.98 Å². The molecular formula is C13H14N2O2S. The molecule has 1 atom stereocenters. The number of hydrogen-bond donors (Lipinski definition) is 1. The van der Waals surface area contributed by atoms with Gasteiger partial charge < -0.3 is 15.2 Å². The van der Waals surface area contributed by atoms with Gasteiger partial charge in [0.15, 0.2) is 11.5 Å². The number of nitrogens with zero attached hydrogens (tertiary/aromatic N) is 1. The Morgan fingerprint density at radius 2 is 2.22 bits per heavy atom. The van der Waals surface area contributed by atoms with Crippen molar-refractivity contribution in [3.8, 4) is 11.5 Å². The third kappa shape index (κ3) is 2.19. The highest BCUT2D eigenvalue weighted by atomic mass is 32.1. The van der Waals surface area contributed by atoms with E-state index in [4.69, 9.17) is 15.2 Å². The number of benzene rings is 1. The first-order chi connectivity index (χ1) is 8.72. The molecule has 18 heavy (non-hydrogen) atoms. The predicted octanol–water partition coefficient (Wildman–Crippen LogP) is 2.48. The second-order valence-electron chi connectivity index (χ2n) is 4.32. The molecule has 0 fully saturated rings. The smallest absolute Gasteiger partial charge is 0.231 e. The second kappa shape index (κ2) is 4.59. The minimum absolute atomic E-state index is 0.00764. The van der Waals surface area contributed by atoms with Crippen LogP contribution in [0.3, 0.4) is 0 Å². The van der Waals surface area contributed by atoms with Gasteiger partial charge in [0.2, 0.25) is 6.79 Å². The molecule has 0 bridgehead atoms. The molecule has 0 saturated heterocycles.